The van der Waals surface area contributed by atoms with Gasteiger partial charge in [0.2, 0.25) is 5.91 Å². The van der Waals surface area contributed by atoms with E-state index in [0.717, 1.165) is 26.2 Å². The fraction of sp³-hybridized carbons (Fsp3) is 0.923. The molecule has 0 aromatic rings. The zero-order chi connectivity index (χ0) is 14.1. The van der Waals surface area contributed by atoms with Crippen molar-refractivity contribution in [1.82, 2.24) is 15.5 Å². The van der Waals surface area contributed by atoms with Crippen LogP contribution in [0.4, 0.5) is 0 Å². The highest BCUT2D eigenvalue weighted by atomic mass is 16.5. The third kappa shape index (κ3) is 5.44. The maximum atomic E-state index is 12.2. The summed E-state index contributed by atoms with van der Waals surface area (Å²) < 4.78 is 10.2. The van der Waals surface area contributed by atoms with Crippen LogP contribution in [0.5, 0.6) is 0 Å². The average molecular weight is 273 g/mol. The van der Waals surface area contributed by atoms with Crippen molar-refractivity contribution < 1.29 is 14.3 Å². The zero-order valence-electron chi connectivity index (χ0n) is 12.3. The van der Waals surface area contributed by atoms with E-state index in [9.17, 15) is 4.79 Å². The van der Waals surface area contributed by atoms with Crippen LogP contribution >= 0.6 is 0 Å². The second-order valence-corrected chi connectivity index (χ2v) is 5.16. The van der Waals surface area contributed by atoms with Gasteiger partial charge in [-0.15, -0.1) is 0 Å². The van der Waals surface area contributed by atoms with Gasteiger partial charge in [-0.2, -0.15) is 0 Å². The molecule has 0 saturated carbocycles. The maximum absolute atomic E-state index is 12.2. The number of nitrogens with one attached hydrogen (secondary N) is 2. The van der Waals surface area contributed by atoms with Crippen LogP contribution in [0.25, 0.3) is 0 Å². The van der Waals surface area contributed by atoms with E-state index in [0.29, 0.717) is 26.4 Å². The lowest BCUT2D eigenvalue weighted by molar-refractivity contribution is -0.132. The topological polar surface area (TPSA) is 62.8 Å². The standard InChI is InChI=1S/C13H27N3O3/c1-13(2,16-7-4-14-5-8-16)12(17)15-6-9-19-11-10-18-3/h14H,4-11H2,1-3H3,(H,15,17). The summed E-state index contributed by atoms with van der Waals surface area (Å²) in [5, 5.41) is 6.22. The van der Waals surface area contributed by atoms with Crippen LogP contribution in [0.15, 0.2) is 0 Å². The summed E-state index contributed by atoms with van der Waals surface area (Å²) in [5.41, 5.74) is -0.464. The monoisotopic (exact) mass is 273 g/mol. The number of hydrogen-bond acceptors (Lipinski definition) is 5. The van der Waals surface area contributed by atoms with Gasteiger partial charge in [-0.25, -0.2) is 0 Å². The normalized spacial score (nSPS) is 17.4. The maximum Gasteiger partial charge on any atom is 0.240 e. The lowest BCUT2D eigenvalue weighted by Crippen LogP contribution is -2.60. The van der Waals surface area contributed by atoms with E-state index in [1.165, 1.54) is 0 Å². The van der Waals surface area contributed by atoms with Gasteiger partial charge in [-0.3, -0.25) is 9.69 Å². The van der Waals surface area contributed by atoms with E-state index in [1.807, 2.05) is 13.8 Å². The molecule has 0 radical (unpaired) electrons. The molecule has 0 aromatic carbocycles. The quantitative estimate of drug-likeness (QED) is 0.581. The first-order valence-corrected chi connectivity index (χ1v) is 6.90. The fourth-order valence-corrected chi connectivity index (χ4v) is 2.06. The first kappa shape index (κ1) is 16.4. The van der Waals surface area contributed by atoms with E-state index in [-0.39, 0.29) is 5.91 Å². The third-order valence-corrected chi connectivity index (χ3v) is 3.43. The summed E-state index contributed by atoms with van der Waals surface area (Å²) in [6.07, 6.45) is 0. The minimum absolute atomic E-state index is 0.0599. The van der Waals surface area contributed by atoms with Crippen molar-refractivity contribution in [3.63, 3.8) is 0 Å². The number of ether oxygens (including phenoxy) is 2. The molecule has 0 bridgehead atoms. The number of piperazine rings is 1. The lowest BCUT2D eigenvalue weighted by Gasteiger charge is -2.39. The van der Waals surface area contributed by atoms with Crippen LogP contribution in [0.1, 0.15) is 13.8 Å². The predicted octanol–water partition coefficient (Wildman–Crippen LogP) is -0.551. The Morgan fingerprint density at radius 2 is 1.95 bits per heavy atom. The fourth-order valence-electron chi connectivity index (χ4n) is 2.06. The van der Waals surface area contributed by atoms with Gasteiger partial charge in [0, 0.05) is 39.8 Å². The molecule has 1 saturated heterocycles. The molecule has 19 heavy (non-hydrogen) atoms. The van der Waals surface area contributed by atoms with Crippen LogP contribution < -0.4 is 10.6 Å². The van der Waals surface area contributed by atoms with Crippen molar-refractivity contribution in [2.75, 3.05) is 59.7 Å². The Balaban J connectivity index is 2.22. The SMILES string of the molecule is COCCOCCNC(=O)C(C)(C)N1CCNCC1. The summed E-state index contributed by atoms with van der Waals surface area (Å²) in [6.45, 7) is 9.85. The van der Waals surface area contributed by atoms with Crippen LogP contribution in [0.2, 0.25) is 0 Å². The molecule has 6 nitrogen and oxygen atoms in total. The van der Waals surface area contributed by atoms with Gasteiger partial charge in [0.05, 0.1) is 25.4 Å². The Bertz CT molecular complexity index is 266. The summed E-state index contributed by atoms with van der Waals surface area (Å²) in [5.74, 6) is 0.0599. The average Bonchev–Trinajstić information content (AvgIpc) is 2.43. The molecule has 0 atom stereocenters. The molecule has 1 amide bonds. The smallest absolute Gasteiger partial charge is 0.240 e. The molecule has 6 heteroatoms. The van der Waals surface area contributed by atoms with Gasteiger partial charge in [0.1, 0.15) is 0 Å². The van der Waals surface area contributed by atoms with Gasteiger partial charge in [0.15, 0.2) is 0 Å². The Labute approximate surface area is 115 Å². The van der Waals surface area contributed by atoms with E-state index in [4.69, 9.17) is 9.47 Å². The first-order valence-electron chi connectivity index (χ1n) is 6.90. The summed E-state index contributed by atoms with van der Waals surface area (Å²) in [6, 6.07) is 0. The highest BCUT2D eigenvalue weighted by molar-refractivity contribution is 5.85. The molecule has 0 aliphatic carbocycles. The van der Waals surface area contributed by atoms with Crippen molar-refractivity contribution in [2.24, 2.45) is 0 Å². The number of amides is 1. The molecule has 1 rings (SSSR count). The number of carbonyl (C=O) groups is 1. The predicted molar refractivity (Wildman–Crippen MR) is 74.2 cm³/mol. The number of rotatable bonds is 8. The third-order valence-electron chi connectivity index (χ3n) is 3.43. The first-order chi connectivity index (χ1) is 9.09. The number of hydrogen-bond donors (Lipinski definition) is 2. The minimum atomic E-state index is -0.464. The molecule has 1 heterocycles. The van der Waals surface area contributed by atoms with Crippen molar-refractivity contribution in [2.45, 2.75) is 19.4 Å². The largest absolute Gasteiger partial charge is 0.382 e. The molecule has 1 fully saturated rings. The molecule has 112 valence electrons. The second-order valence-electron chi connectivity index (χ2n) is 5.16. The molecular formula is C13H27N3O3. The van der Waals surface area contributed by atoms with Gasteiger partial charge < -0.3 is 20.1 Å². The number of carbonyl (C=O) groups excluding carboxylic acids is 1. The lowest BCUT2D eigenvalue weighted by atomic mass is 10.0. The number of methoxy groups -OCH3 is 1. The van der Waals surface area contributed by atoms with E-state index < -0.39 is 5.54 Å². The van der Waals surface area contributed by atoms with Crippen LogP contribution in [-0.2, 0) is 14.3 Å². The van der Waals surface area contributed by atoms with E-state index in [2.05, 4.69) is 15.5 Å². The van der Waals surface area contributed by atoms with E-state index in [1.54, 1.807) is 7.11 Å². The summed E-state index contributed by atoms with van der Waals surface area (Å²) >= 11 is 0. The highest BCUT2D eigenvalue weighted by Crippen LogP contribution is 2.14. The van der Waals surface area contributed by atoms with Crippen LogP contribution in [0, 0.1) is 0 Å². The van der Waals surface area contributed by atoms with Crippen molar-refractivity contribution >= 4 is 5.91 Å². The minimum Gasteiger partial charge on any atom is -0.382 e. The number of nitrogens with zero attached hydrogens (tertiary/aromatic N) is 1. The highest BCUT2D eigenvalue weighted by Gasteiger charge is 2.34. The zero-order valence-corrected chi connectivity index (χ0v) is 12.3. The Morgan fingerprint density at radius 1 is 1.26 bits per heavy atom. The molecular weight excluding hydrogens is 246 g/mol. The van der Waals surface area contributed by atoms with E-state index >= 15 is 0 Å². The van der Waals surface area contributed by atoms with Crippen molar-refractivity contribution in [3.05, 3.63) is 0 Å². The van der Waals surface area contributed by atoms with Gasteiger partial charge in [-0.1, -0.05) is 0 Å². The summed E-state index contributed by atoms with van der Waals surface area (Å²) in [7, 11) is 1.64. The summed E-state index contributed by atoms with van der Waals surface area (Å²) in [4.78, 5) is 14.4. The molecule has 0 unspecified atom stereocenters. The Hall–Kier alpha value is -0.690. The van der Waals surface area contributed by atoms with Crippen molar-refractivity contribution in [1.29, 1.82) is 0 Å². The Kier molecular flexibility index (Phi) is 7.30. The molecule has 1 aliphatic heterocycles. The van der Waals surface area contributed by atoms with Gasteiger partial charge in [0.25, 0.3) is 0 Å². The van der Waals surface area contributed by atoms with Gasteiger partial charge >= 0.3 is 0 Å². The molecule has 0 spiro atoms. The van der Waals surface area contributed by atoms with Crippen molar-refractivity contribution in [3.8, 4) is 0 Å². The van der Waals surface area contributed by atoms with Gasteiger partial charge in [-0.05, 0) is 13.8 Å². The van der Waals surface area contributed by atoms with Crippen LogP contribution in [0.3, 0.4) is 0 Å². The Morgan fingerprint density at radius 3 is 2.58 bits per heavy atom. The molecule has 1 aliphatic rings. The second kappa shape index (κ2) is 8.47. The van der Waals surface area contributed by atoms with Crippen LogP contribution in [-0.4, -0.2) is 76.0 Å². The molecule has 0 aromatic heterocycles. The molecule has 2 N–H and O–H groups in total.